The van der Waals surface area contributed by atoms with Gasteiger partial charge in [-0.3, -0.25) is 9.59 Å². The van der Waals surface area contributed by atoms with Gasteiger partial charge in [-0.25, -0.2) is 4.39 Å². The first-order valence-corrected chi connectivity index (χ1v) is 9.19. The number of benzene rings is 1. The molecule has 0 saturated heterocycles. The molecule has 3 aromatic rings. The molecule has 0 bridgehead atoms. The van der Waals surface area contributed by atoms with Crippen molar-refractivity contribution < 1.29 is 4.39 Å². The Morgan fingerprint density at radius 2 is 2.00 bits per heavy atom. The van der Waals surface area contributed by atoms with Crippen molar-refractivity contribution in [3.05, 3.63) is 68.2 Å². The van der Waals surface area contributed by atoms with E-state index < -0.39 is 11.1 Å². The number of hydrogen-bond donors (Lipinski definition) is 0. The lowest BCUT2D eigenvalue weighted by atomic mass is 9.78. The Morgan fingerprint density at radius 1 is 1.19 bits per heavy atom. The molecule has 6 nitrogen and oxygen atoms in total. The fourth-order valence-corrected chi connectivity index (χ4v) is 4.02. The van der Waals surface area contributed by atoms with Gasteiger partial charge in [0.2, 0.25) is 0 Å². The summed E-state index contributed by atoms with van der Waals surface area (Å²) in [6.07, 6.45) is 6.18. The van der Waals surface area contributed by atoms with Crippen LogP contribution in [0.1, 0.15) is 31.2 Å². The Hall–Kier alpha value is -2.61. The molecular formula is C18H17FN4O2S. The van der Waals surface area contributed by atoms with Gasteiger partial charge in [0.05, 0.1) is 6.54 Å². The number of hydrogen-bond acceptors (Lipinski definition) is 5. The van der Waals surface area contributed by atoms with Gasteiger partial charge in [-0.2, -0.15) is 0 Å². The zero-order valence-corrected chi connectivity index (χ0v) is 15.0. The topological polar surface area (TPSA) is 69.8 Å². The molecule has 1 aliphatic rings. The molecule has 2 heterocycles. The normalized spacial score (nSPS) is 15.6. The van der Waals surface area contributed by atoms with E-state index in [1.807, 2.05) is 6.92 Å². The second-order valence-corrected chi connectivity index (χ2v) is 7.83. The van der Waals surface area contributed by atoms with Gasteiger partial charge in [-0.05, 0) is 38.3 Å². The van der Waals surface area contributed by atoms with Crippen molar-refractivity contribution >= 4 is 11.3 Å². The first kappa shape index (κ1) is 16.8. The van der Waals surface area contributed by atoms with Gasteiger partial charge in [-0.15, -0.1) is 10.2 Å². The van der Waals surface area contributed by atoms with Crippen molar-refractivity contribution in [2.75, 3.05) is 0 Å². The van der Waals surface area contributed by atoms with Crippen LogP contribution in [0.5, 0.6) is 0 Å². The first-order valence-electron chi connectivity index (χ1n) is 8.37. The molecule has 26 heavy (non-hydrogen) atoms. The number of rotatable bonds is 4. The van der Waals surface area contributed by atoms with Crippen molar-refractivity contribution in [1.82, 2.24) is 19.3 Å². The summed E-state index contributed by atoms with van der Waals surface area (Å²) in [6.45, 7) is 2.16. The molecule has 4 rings (SSSR count). The third-order valence-electron chi connectivity index (χ3n) is 4.91. The van der Waals surface area contributed by atoms with Crippen LogP contribution in [0.15, 0.2) is 46.2 Å². The van der Waals surface area contributed by atoms with Crippen molar-refractivity contribution in [3.63, 3.8) is 0 Å². The Balaban J connectivity index is 1.61. The molecular weight excluding hydrogens is 355 g/mol. The summed E-state index contributed by atoms with van der Waals surface area (Å²) in [7, 11) is 0. The minimum Gasteiger partial charge on any atom is -0.304 e. The van der Waals surface area contributed by atoms with Crippen molar-refractivity contribution in [2.45, 2.75) is 38.3 Å². The highest BCUT2D eigenvalue weighted by Crippen LogP contribution is 2.37. The number of nitrogens with zero attached hydrogens (tertiary/aromatic N) is 4. The summed E-state index contributed by atoms with van der Waals surface area (Å²) in [5.74, 6) is -0.344. The average Bonchev–Trinajstić information content (AvgIpc) is 3.06. The molecule has 1 aliphatic carbocycles. The zero-order chi connectivity index (χ0) is 18.3. The van der Waals surface area contributed by atoms with E-state index in [4.69, 9.17) is 0 Å². The predicted molar refractivity (Wildman–Crippen MR) is 96.9 cm³/mol. The van der Waals surface area contributed by atoms with E-state index in [-0.39, 0.29) is 17.9 Å². The minimum atomic E-state index is -0.567. The molecule has 0 spiro atoms. The third-order valence-corrected chi connectivity index (χ3v) is 5.87. The highest BCUT2D eigenvalue weighted by atomic mass is 32.1. The van der Waals surface area contributed by atoms with Crippen LogP contribution in [0.2, 0.25) is 0 Å². The van der Waals surface area contributed by atoms with Crippen LogP contribution < -0.4 is 11.1 Å². The maximum atomic E-state index is 13.3. The highest BCUT2D eigenvalue weighted by Gasteiger charge is 2.34. The molecule has 0 amide bonds. The van der Waals surface area contributed by atoms with Gasteiger partial charge in [0, 0.05) is 23.5 Å². The van der Waals surface area contributed by atoms with Crippen LogP contribution >= 0.6 is 11.3 Å². The average molecular weight is 372 g/mol. The Labute approximate surface area is 152 Å². The second-order valence-electron chi connectivity index (χ2n) is 6.77. The van der Waals surface area contributed by atoms with E-state index in [0.717, 1.165) is 19.3 Å². The maximum Gasteiger partial charge on any atom is 0.316 e. The Bertz CT molecular complexity index is 1080. The molecule has 2 aromatic heterocycles. The molecule has 0 atom stereocenters. The highest BCUT2D eigenvalue weighted by molar-refractivity contribution is 7.14. The quantitative estimate of drug-likeness (QED) is 0.660. The largest absolute Gasteiger partial charge is 0.316 e. The smallest absolute Gasteiger partial charge is 0.304 e. The lowest BCUT2D eigenvalue weighted by Gasteiger charge is -2.39. The molecule has 0 N–H and O–H groups in total. The van der Waals surface area contributed by atoms with Crippen molar-refractivity contribution in [3.8, 4) is 10.6 Å². The summed E-state index contributed by atoms with van der Waals surface area (Å²) in [5.41, 5.74) is -0.690. The lowest BCUT2D eigenvalue weighted by Crippen LogP contribution is -2.50. The Morgan fingerprint density at radius 3 is 2.69 bits per heavy atom. The lowest BCUT2D eigenvalue weighted by molar-refractivity contribution is 0.161. The molecule has 1 saturated carbocycles. The van der Waals surface area contributed by atoms with Crippen LogP contribution in [0, 0.1) is 5.82 Å². The fourth-order valence-electron chi connectivity index (χ4n) is 3.19. The van der Waals surface area contributed by atoms with Gasteiger partial charge < -0.3 is 9.13 Å². The van der Waals surface area contributed by atoms with E-state index >= 15 is 0 Å². The van der Waals surface area contributed by atoms with Gasteiger partial charge >= 0.3 is 11.1 Å². The summed E-state index contributed by atoms with van der Waals surface area (Å²) < 4.78 is 16.2. The van der Waals surface area contributed by atoms with Gasteiger partial charge in [0.1, 0.15) is 15.8 Å². The fraction of sp³-hybridized carbons (Fsp3) is 0.333. The maximum absolute atomic E-state index is 13.3. The third kappa shape index (κ3) is 2.90. The summed E-state index contributed by atoms with van der Waals surface area (Å²) in [4.78, 5) is 24.9. The molecule has 134 valence electrons. The first-order chi connectivity index (χ1) is 12.5. The number of aromatic nitrogens is 4. The van der Waals surface area contributed by atoms with Crippen LogP contribution in [-0.4, -0.2) is 19.3 Å². The summed E-state index contributed by atoms with van der Waals surface area (Å²) in [5, 5.41) is 9.28. The number of halogens is 1. The zero-order valence-electron chi connectivity index (χ0n) is 14.2. The van der Waals surface area contributed by atoms with Crippen LogP contribution in [0.4, 0.5) is 4.39 Å². The minimum absolute atomic E-state index is 0.165. The molecule has 1 fully saturated rings. The summed E-state index contributed by atoms with van der Waals surface area (Å²) in [6, 6.07) is 6.11. The van der Waals surface area contributed by atoms with Crippen LogP contribution in [-0.2, 0) is 12.1 Å². The molecule has 0 aliphatic heterocycles. The predicted octanol–water partition coefficient (Wildman–Crippen LogP) is 2.62. The van der Waals surface area contributed by atoms with Gasteiger partial charge in [0.15, 0.2) is 0 Å². The van der Waals surface area contributed by atoms with E-state index in [0.29, 0.717) is 15.6 Å². The van der Waals surface area contributed by atoms with Crippen LogP contribution in [0.3, 0.4) is 0 Å². The molecule has 1 aromatic carbocycles. The van der Waals surface area contributed by atoms with E-state index in [1.165, 1.54) is 28.0 Å². The second kappa shape index (κ2) is 6.28. The van der Waals surface area contributed by atoms with E-state index in [1.54, 1.807) is 29.1 Å². The molecule has 8 heteroatoms. The Kier molecular flexibility index (Phi) is 4.07. The molecule has 0 radical (unpaired) electrons. The van der Waals surface area contributed by atoms with Crippen molar-refractivity contribution in [2.24, 2.45) is 0 Å². The SMILES string of the molecule is CC1(n2ccn(Cc3nnc(-c4cccc(F)c4)s3)c(=O)c2=O)CCC1. The van der Waals surface area contributed by atoms with Crippen molar-refractivity contribution in [1.29, 1.82) is 0 Å². The van der Waals surface area contributed by atoms with Gasteiger partial charge in [0.25, 0.3) is 0 Å². The van der Waals surface area contributed by atoms with Crippen LogP contribution in [0.25, 0.3) is 10.6 Å². The monoisotopic (exact) mass is 372 g/mol. The van der Waals surface area contributed by atoms with E-state index in [9.17, 15) is 14.0 Å². The molecule has 0 unspecified atom stereocenters. The standard InChI is InChI=1S/C18H17FN4O2S/c1-18(6-3-7-18)23-9-8-22(16(24)17(23)25)11-14-20-21-15(26-14)12-4-2-5-13(19)10-12/h2,4-5,8-10H,3,6-7,11H2,1H3. The van der Waals surface area contributed by atoms with Gasteiger partial charge in [-0.1, -0.05) is 23.5 Å². The summed E-state index contributed by atoms with van der Waals surface area (Å²) >= 11 is 1.27. The van der Waals surface area contributed by atoms with E-state index in [2.05, 4.69) is 10.2 Å².